The number of carbonyl (C=O) groups is 1. The molecule has 0 aliphatic carbocycles. The van der Waals surface area contributed by atoms with E-state index in [1.54, 1.807) is 0 Å². The molecule has 6 heteroatoms. The molecule has 6 nitrogen and oxygen atoms in total. The van der Waals surface area contributed by atoms with Crippen molar-refractivity contribution in [2.75, 3.05) is 13.2 Å². The SMILES string of the molecule is Cc1ocnc1CNC(=O)C(C)(C)c1ccc2c(c1)OCCO2. The number of hydrogen-bond donors (Lipinski definition) is 1. The summed E-state index contributed by atoms with van der Waals surface area (Å²) in [6.07, 6.45) is 1.38. The van der Waals surface area contributed by atoms with Gasteiger partial charge in [-0.2, -0.15) is 0 Å². The lowest BCUT2D eigenvalue weighted by atomic mass is 9.83. The summed E-state index contributed by atoms with van der Waals surface area (Å²) in [5.41, 5.74) is 0.903. The predicted octanol–water partition coefficient (Wildman–Crippen LogP) is 2.35. The summed E-state index contributed by atoms with van der Waals surface area (Å²) in [7, 11) is 0. The third-order valence-corrected chi connectivity index (χ3v) is 4.09. The fraction of sp³-hybridized carbons (Fsp3) is 0.412. The lowest BCUT2D eigenvalue weighted by Gasteiger charge is -2.26. The van der Waals surface area contributed by atoms with Gasteiger partial charge >= 0.3 is 0 Å². The quantitative estimate of drug-likeness (QED) is 0.937. The van der Waals surface area contributed by atoms with Gasteiger partial charge in [0, 0.05) is 0 Å². The van der Waals surface area contributed by atoms with Crippen molar-refractivity contribution in [3.05, 3.63) is 41.6 Å². The van der Waals surface area contributed by atoms with E-state index in [1.807, 2.05) is 39.0 Å². The van der Waals surface area contributed by atoms with Crippen molar-refractivity contribution in [2.45, 2.75) is 32.7 Å². The second kappa shape index (κ2) is 5.95. The van der Waals surface area contributed by atoms with E-state index in [4.69, 9.17) is 13.9 Å². The minimum Gasteiger partial charge on any atom is -0.486 e. The molecular formula is C17H20N2O4. The highest BCUT2D eigenvalue weighted by Crippen LogP contribution is 2.35. The van der Waals surface area contributed by atoms with Gasteiger partial charge in [0.25, 0.3) is 0 Å². The van der Waals surface area contributed by atoms with E-state index in [2.05, 4.69) is 10.3 Å². The van der Waals surface area contributed by atoms with Crippen LogP contribution in [0.4, 0.5) is 0 Å². The first-order valence-electron chi connectivity index (χ1n) is 7.56. The van der Waals surface area contributed by atoms with E-state index in [1.165, 1.54) is 6.39 Å². The highest BCUT2D eigenvalue weighted by atomic mass is 16.6. The van der Waals surface area contributed by atoms with Crippen LogP contribution in [0, 0.1) is 6.92 Å². The van der Waals surface area contributed by atoms with Gasteiger partial charge in [0.15, 0.2) is 17.9 Å². The molecule has 0 bridgehead atoms. The summed E-state index contributed by atoms with van der Waals surface area (Å²) in [6.45, 7) is 6.99. The van der Waals surface area contributed by atoms with Crippen LogP contribution >= 0.6 is 0 Å². The number of hydrogen-bond acceptors (Lipinski definition) is 5. The summed E-state index contributed by atoms with van der Waals surface area (Å²) in [5.74, 6) is 2.02. The molecule has 0 saturated carbocycles. The van der Waals surface area contributed by atoms with Gasteiger partial charge in [-0.1, -0.05) is 6.07 Å². The van der Waals surface area contributed by atoms with Crippen LogP contribution in [0.15, 0.2) is 29.0 Å². The number of oxazole rings is 1. The number of aryl methyl sites for hydroxylation is 1. The minimum atomic E-state index is -0.701. The molecule has 2 aromatic rings. The maximum Gasteiger partial charge on any atom is 0.230 e. The maximum atomic E-state index is 12.6. The molecule has 2 heterocycles. The molecule has 1 aromatic heterocycles. The third kappa shape index (κ3) is 3.02. The zero-order chi connectivity index (χ0) is 16.4. The van der Waals surface area contributed by atoms with Gasteiger partial charge < -0.3 is 19.2 Å². The highest BCUT2D eigenvalue weighted by molar-refractivity contribution is 5.87. The van der Waals surface area contributed by atoms with E-state index < -0.39 is 5.41 Å². The van der Waals surface area contributed by atoms with Crippen molar-refractivity contribution in [1.29, 1.82) is 0 Å². The smallest absolute Gasteiger partial charge is 0.230 e. The molecule has 1 N–H and O–H groups in total. The Balaban J connectivity index is 1.74. The molecule has 1 aliphatic rings. The molecule has 0 spiro atoms. The Bertz CT molecular complexity index is 721. The van der Waals surface area contributed by atoms with Crippen molar-refractivity contribution in [3.8, 4) is 11.5 Å². The number of benzene rings is 1. The third-order valence-electron chi connectivity index (χ3n) is 4.09. The lowest BCUT2D eigenvalue weighted by molar-refractivity contribution is -0.125. The molecule has 0 fully saturated rings. The number of rotatable bonds is 4. The van der Waals surface area contributed by atoms with E-state index in [0.717, 1.165) is 17.0 Å². The van der Waals surface area contributed by atoms with Gasteiger partial charge in [-0.3, -0.25) is 4.79 Å². The average molecular weight is 316 g/mol. The second-order valence-electron chi connectivity index (χ2n) is 6.02. The van der Waals surface area contributed by atoms with Crippen molar-refractivity contribution >= 4 is 5.91 Å². The van der Waals surface area contributed by atoms with E-state index >= 15 is 0 Å². The molecule has 3 rings (SSSR count). The van der Waals surface area contributed by atoms with Crippen LogP contribution in [0.3, 0.4) is 0 Å². The highest BCUT2D eigenvalue weighted by Gasteiger charge is 2.31. The van der Waals surface area contributed by atoms with Crippen LogP contribution < -0.4 is 14.8 Å². The lowest BCUT2D eigenvalue weighted by Crippen LogP contribution is -2.40. The first kappa shape index (κ1) is 15.4. The monoisotopic (exact) mass is 316 g/mol. The average Bonchev–Trinajstić information content (AvgIpc) is 2.97. The van der Waals surface area contributed by atoms with Crippen molar-refractivity contribution in [3.63, 3.8) is 0 Å². The first-order chi connectivity index (χ1) is 11.0. The van der Waals surface area contributed by atoms with E-state index in [9.17, 15) is 4.79 Å². The normalized spacial score (nSPS) is 13.7. The number of ether oxygens (including phenoxy) is 2. The number of nitrogens with zero attached hydrogens (tertiary/aromatic N) is 1. The van der Waals surface area contributed by atoms with Crippen LogP contribution in [0.5, 0.6) is 11.5 Å². The Labute approximate surface area is 134 Å². The molecule has 0 unspecified atom stereocenters. The van der Waals surface area contributed by atoms with Gasteiger partial charge in [-0.15, -0.1) is 0 Å². The molecule has 0 saturated heterocycles. The van der Waals surface area contributed by atoms with Gasteiger partial charge in [0.05, 0.1) is 12.0 Å². The van der Waals surface area contributed by atoms with Crippen LogP contribution in [-0.4, -0.2) is 24.1 Å². The molecule has 0 atom stereocenters. The standard InChI is InChI=1S/C17H20N2O4/c1-11-13(19-10-23-11)9-18-16(20)17(2,3)12-4-5-14-15(8-12)22-7-6-21-14/h4-5,8,10H,6-7,9H2,1-3H3,(H,18,20). The van der Waals surface area contributed by atoms with Gasteiger partial charge in [0.1, 0.15) is 24.7 Å². The molecule has 23 heavy (non-hydrogen) atoms. The van der Waals surface area contributed by atoms with Crippen molar-refractivity contribution < 1.29 is 18.7 Å². The fourth-order valence-corrected chi connectivity index (χ4v) is 2.45. The zero-order valence-corrected chi connectivity index (χ0v) is 13.5. The number of fused-ring (bicyclic) bond motifs is 1. The van der Waals surface area contributed by atoms with E-state index in [0.29, 0.717) is 31.3 Å². The number of amides is 1. The van der Waals surface area contributed by atoms with Crippen molar-refractivity contribution in [1.82, 2.24) is 10.3 Å². The number of carbonyl (C=O) groups excluding carboxylic acids is 1. The van der Waals surface area contributed by atoms with E-state index in [-0.39, 0.29) is 5.91 Å². The number of aromatic nitrogens is 1. The molecule has 0 radical (unpaired) electrons. The maximum absolute atomic E-state index is 12.6. The van der Waals surface area contributed by atoms with Gasteiger partial charge in [-0.05, 0) is 38.5 Å². The summed E-state index contributed by atoms with van der Waals surface area (Å²) < 4.78 is 16.2. The Morgan fingerprint density at radius 2 is 2.00 bits per heavy atom. The Morgan fingerprint density at radius 1 is 1.26 bits per heavy atom. The Kier molecular flexibility index (Phi) is 3.98. The second-order valence-corrected chi connectivity index (χ2v) is 6.02. The van der Waals surface area contributed by atoms with Crippen molar-refractivity contribution in [2.24, 2.45) is 0 Å². The fourth-order valence-electron chi connectivity index (χ4n) is 2.45. The Hall–Kier alpha value is -2.50. The summed E-state index contributed by atoms with van der Waals surface area (Å²) >= 11 is 0. The summed E-state index contributed by atoms with van der Waals surface area (Å²) in [4.78, 5) is 16.7. The molecule has 1 aromatic carbocycles. The Morgan fingerprint density at radius 3 is 2.70 bits per heavy atom. The van der Waals surface area contributed by atoms with Gasteiger partial charge in [-0.25, -0.2) is 4.98 Å². The molecular weight excluding hydrogens is 296 g/mol. The van der Waals surface area contributed by atoms with Crippen LogP contribution in [0.25, 0.3) is 0 Å². The molecule has 1 amide bonds. The largest absolute Gasteiger partial charge is 0.486 e. The van der Waals surface area contributed by atoms with Crippen LogP contribution in [-0.2, 0) is 16.8 Å². The zero-order valence-electron chi connectivity index (χ0n) is 13.5. The number of nitrogens with one attached hydrogen (secondary N) is 1. The summed E-state index contributed by atoms with van der Waals surface area (Å²) in [5, 5.41) is 2.91. The molecule has 122 valence electrons. The topological polar surface area (TPSA) is 73.6 Å². The van der Waals surface area contributed by atoms with Crippen LogP contribution in [0.1, 0.15) is 30.9 Å². The minimum absolute atomic E-state index is 0.0865. The predicted molar refractivity (Wildman–Crippen MR) is 83.5 cm³/mol. The first-order valence-corrected chi connectivity index (χ1v) is 7.56. The summed E-state index contributed by atoms with van der Waals surface area (Å²) in [6, 6.07) is 5.62. The molecule has 1 aliphatic heterocycles. The van der Waals surface area contributed by atoms with Crippen LogP contribution in [0.2, 0.25) is 0 Å². The van der Waals surface area contributed by atoms with Gasteiger partial charge in [0.2, 0.25) is 5.91 Å².